The quantitative estimate of drug-likeness (QED) is 0.0610. The maximum Gasteiger partial charge on any atom is 0.200 e. The Balaban J connectivity index is 0.000000213. The highest BCUT2D eigenvalue weighted by molar-refractivity contribution is 5.85. The van der Waals surface area contributed by atoms with Gasteiger partial charge in [0, 0.05) is 79.6 Å². The summed E-state index contributed by atoms with van der Waals surface area (Å²) in [6.07, 6.45) is 1.83. The lowest BCUT2D eigenvalue weighted by Gasteiger charge is -2.21. The fourth-order valence-corrected chi connectivity index (χ4v) is 8.62. The van der Waals surface area contributed by atoms with Crippen molar-refractivity contribution in [3.05, 3.63) is 121 Å². The van der Waals surface area contributed by atoms with Gasteiger partial charge >= 0.3 is 0 Å². The molecular weight excluding hydrogens is 907 g/mol. The monoisotopic (exact) mass is 974 g/mol. The van der Waals surface area contributed by atoms with Crippen LogP contribution in [-0.4, -0.2) is 105 Å². The summed E-state index contributed by atoms with van der Waals surface area (Å²) in [6, 6.07) is 38.3. The first kappa shape index (κ1) is 51.6. The number of aromatic amines is 2. The number of H-pyrrole nitrogens is 2. The first-order valence-electron chi connectivity index (χ1n) is 24.2. The van der Waals surface area contributed by atoms with E-state index in [2.05, 4.69) is 130 Å². The summed E-state index contributed by atoms with van der Waals surface area (Å²) in [7, 11) is 10.1. The Kier molecular flexibility index (Phi) is 16.9. The molecule has 0 fully saturated rings. The molecule has 8 rings (SSSR count). The van der Waals surface area contributed by atoms with Crippen LogP contribution < -0.4 is 38.4 Å². The van der Waals surface area contributed by atoms with Crippen molar-refractivity contribution in [2.75, 3.05) is 90.0 Å². The molecule has 72 heavy (non-hydrogen) atoms. The Hall–Kier alpha value is -8.26. The number of hydrogen-bond acceptors (Lipinski definition) is 12. The minimum absolute atomic E-state index is 0.0373. The Morgan fingerprint density at radius 3 is 1.43 bits per heavy atom. The number of phenolic OH excluding ortho intramolecular Hbond substituents is 2. The third kappa shape index (κ3) is 11.2. The molecule has 0 aliphatic heterocycles. The number of methoxy groups -OCH3 is 4. The Morgan fingerprint density at radius 1 is 0.486 bits per heavy atom. The number of aromatic nitrogens is 4. The number of ether oxygens (including phenoxy) is 5. The van der Waals surface area contributed by atoms with Crippen molar-refractivity contribution < 1.29 is 33.9 Å². The van der Waals surface area contributed by atoms with Gasteiger partial charge in [-0.3, -0.25) is 0 Å². The van der Waals surface area contributed by atoms with Crippen molar-refractivity contribution in [1.82, 2.24) is 19.9 Å². The van der Waals surface area contributed by atoms with Crippen LogP contribution in [0.2, 0.25) is 0 Å². The number of aromatic hydroxyl groups is 2. The van der Waals surface area contributed by atoms with Crippen molar-refractivity contribution in [3.8, 4) is 108 Å². The second-order valence-corrected chi connectivity index (χ2v) is 16.9. The molecule has 0 aliphatic carbocycles. The van der Waals surface area contributed by atoms with Gasteiger partial charge < -0.3 is 58.6 Å². The van der Waals surface area contributed by atoms with Crippen LogP contribution in [0.4, 0.5) is 17.1 Å². The zero-order valence-electron chi connectivity index (χ0n) is 43.3. The van der Waals surface area contributed by atoms with Gasteiger partial charge in [-0.05, 0) is 130 Å². The van der Waals surface area contributed by atoms with E-state index in [1.807, 2.05) is 45.4 Å². The lowest BCUT2D eigenvalue weighted by atomic mass is 9.98. The minimum atomic E-state index is -0.0392. The van der Waals surface area contributed by atoms with Gasteiger partial charge in [0.25, 0.3) is 0 Å². The van der Waals surface area contributed by atoms with E-state index in [9.17, 15) is 10.2 Å². The number of nitrogens with zero attached hydrogens (tertiary/aromatic N) is 5. The van der Waals surface area contributed by atoms with E-state index in [1.165, 1.54) is 39.8 Å². The summed E-state index contributed by atoms with van der Waals surface area (Å²) >= 11 is 0. The van der Waals surface area contributed by atoms with E-state index in [0.29, 0.717) is 41.3 Å². The Morgan fingerprint density at radius 2 is 0.958 bits per heavy atom. The number of imidazole rings is 2. The minimum Gasteiger partial charge on any atom is -0.502 e. The molecule has 14 nitrogen and oxygen atoms in total. The average molecular weight is 974 g/mol. The number of phenols is 2. The predicted molar refractivity (Wildman–Crippen MR) is 292 cm³/mol. The smallest absolute Gasteiger partial charge is 0.200 e. The van der Waals surface area contributed by atoms with Gasteiger partial charge in [-0.15, -0.1) is 0 Å². The van der Waals surface area contributed by atoms with Crippen molar-refractivity contribution in [1.29, 1.82) is 0 Å². The van der Waals surface area contributed by atoms with Crippen LogP contribution in [0.1, 0.15) is 34.6 Å². The van der Waals surface area contributed by atoms with Crippen molar-refractivity contribution >= 4 is 17.1 Å². The summed E-state index contributed by atoms with van der Waals surface area (Å²) in [4.78, 5) is 23.4. The standard InChI is InChI=1S/C31H38N4O3.C27H29N3O4/c1-7-34(8-2)24-15-11-21(12-16-24)28-29(22-13-17-25(18-14-22)35(9-3)10-4)33-31(32-28)23-19-26(37-5)30(36)27(20-23)38-6;1-6-34-20-11-12-21(18-13-24(32-4)26(31)25(14-18)33-5)22(15-20)27-28-16-23(29-27)17-7-9-19(10-8-17)30(2)3/h11-20,36H,7-10H2,1-6H3,(H,32,33);7-16,31H,6H2,1-5H3,(H,28,29). The molecule has 0 spiro atoms. The fraction of sp³-hybridized carbons (Fsp3) is 0.276. The molecule has 0 unspecified atom stereocenters. The van der Waals surface area contributed by atoms with Gasteiger partial charge in [0.1, 0.15) is 17.4 Å². The van der Waals surface area contributed by atoms with Crippen molar-refractivity contribution in [2.45, 2.75) is 34.6 Å². The van der Waals surface area contributed by atoms with Gasteiger partial charge in [0.15, 0.2) is 23.0 Å². The number of benzene rings is 6. The summed E-state index contributed by atoms with van der Waals surface area (Å²) in [5, 5.41) is 20.8. The van der Waals surface area contributed by atoms with Gasteiger partial charge in [0.2, 0.25) is 11.5 Å². The summed E-state index contributed by atoms with van der Waals surface area (Å²) in [6.45, 7) is 15.0. The topological polar surface area (TPSA) is 154 Å². The number of anilines is 3. The molecule has 0 saturated carbocycles. The fourth-order valence-electron chi connectivity index (χ4n) is 8.62. The van der Waals surface area contributed by atoms with Crippen LogP contribution in [0, 0.1) is 0 Å². The summed E-state index contributed by atoms with van der Waals surface area (Å²) in [5.74, 6) is 3.34. The van der Waals surface area contributed by atoms with E-state index in [4.69, 9.17) is 28.7 Å². The van der Waals surface area contributed by atoms with E-state index in [1.54, 1.807) is 24.3 Å². The molecule has 0 aliphatic rings. The maximum atomic E-state index is 10.4. The van der Waals surface area contributed by atoms with E-state index in [0.717, 1.165) is 93.6 Å². The zero-order chi connectivity index (χ0) is 51.5. The third-order valence-corrected chi connectivity index (χ3v) is 12.6. The SMILES string of the molecule is CCN(CC)c1ccc(-c2nc(-c3cc(OC)c(O)c(OC)c3)[nH]c2-c2ccc(N(CC)CC)cc2)cc1.CCOc1ccc(-c2cc(OC)c(O)c(OC)c2)c(-c2ncc(-c3ccc(N(C)C)cc3)[nH]2)c1. The molecule has 0 saturated heterocycles. The first-order chi connectivity index (χ1) is 34.9. The second kappa shape index (κ2) is 23.6. The highest BCUT2D eigenvalue weighted by atomic mass is 16.5. The highest BCUT2D eigenvalue weighted by Crippen LogP contribution is 2.44. The molecule has 2 aromatic heterocycles. The van der Waals surface area contributed by atoms with E-state index in [-0.39, 0.29) is 11.5 Å². The largest absolute Gasteiger partial charge is 0.502 e. The average Bonchev–Trinajstić information content (AvgIpc) is 4.10. The van der Waals surface area contributed by atoms with Gasteiger partial charge in [-0.25, -0.2) is 9.97 Å². The van der Waals surface area contributed by atoms with Gasteiger partial charge in [-0.2, -0.15) is 0 Å². The Bertz CT molecular complexity index is 2910. The molecule has 0 radical (unpaired) electrons. The first-order valence-corrected chi connectivity index (χ1v) is 24.2. The lowest BCUT2D eigenvalue weighted by Crippen LogP contribution is -2.21. The van der Waals surface area contributed by atoms with Crippen molar-refractivity contribution in [2.24, 2.45) is 0 Å². The maximum absolute atomic E-state index is 10.4. The predicted octanol–water partition coefficient (Wildman–Crippen LogP) is 12.4. The van der Waals surface area contributed by atoms with Crippen LogP contribution >= 0.6 is 0 Å². The molecule has 0 bridgehead atoms. The summed E-state index contributed by atoms with van der Waals surface area (Å²) < 4.78 is 27.3. The van der Waals surface area contributed by atoms with Crippen LogP contribution in [0.5, 0.6) is 40.2 Å². The van der Waals surface area contributed by atoms with Crippen LogP contribution in [-0.2, 0) is 0 Å². The number of hydrogen-bond donors (Lipinski definition) is 4. The van der Waals surface area contributed by atoms with E-state index < -0.39 is 0 Å². The molecule has 0 atom stereocenters. The second-order valence-electron chi connectivity index (χ2n) is 16.9. The summed E-state index contributed by atoms with van der Waals surface area (Å²) in [5.41, 5.74) is 12.6. The van der Waals surface area contributed by atoms with Crippen LogP contribution in [0.3, 0.4) is 0 Å². The van der Waals surface area contributed by atoms with Gasteiger partial charge in [0.05, 0.1) is 58.3 Å². The third-order valence-electron chi connectivity index (χ3n) is 12.6. The molecular formula is C58H67N7O7. The molecule has 14 heteroatoms. The number of rotatable bonds is 19. The molecule has 6 aromatic carbocycles. The molecule has 0 amide bonds. The van der Waals surface area contributed by atoms with Crippen molar-refractivity contribution in [3.63, 3.8) is 0 Å². The van der Waals surface area contributed by atoms with Crippen LogP contribution in [0.15, 0.2) is 121 Å². The molecule has 4 N–H and O–H groups in total. The number of nitrogens with one attached hydrogen (secondary N) is 2. The Labute approximate surface area is 423 Å². The molecule has 8 aromatic rings. The van der Waals surface area contributed by atoms with E-state index >= 15 is 0 Å². The molecule has 376 valence electrons. The van der Waals surface area contributed by atoms with Gasteiger partial charge in [-0.1, -0.05) is 36.4 Å². The normalized spacial score (nSPS) is 10.8. The zero-order valence-corrected chi connectivity index (χ0v) is 43.3. The highest BCUT2D eigenvalue weighted by Gasteiger charge is 2.21. The lowest BCUT2D eigenvalue weighted by molar-refractivity contribution is 0.340. The van der Waals surface area contributed by atoms with Crippen LogP contribution in [0.25, 0.3) is 67.7 Å². The molecule has 2 heterocycles.